The number of nitrogens with zero attached hydrogens (tertiary/aromatic N) is 2. The molecule has 7 nitrogen and oxygen atoms in total. The number of nitro groups is 1. The highest BCUT2D eigenvalue weighted by Gasteiger charge is 2.16. The summed E-state index contributed by atoms with van der Waals surface area (Å²) in [5, 5.41) is 14.8. The molecule has 25 heavy (non-hydrogen) atoms. The van der Waals surface area contributed by atoms with Crippen molar-refractivity contribution in [2.75, 3.05) is 0 Å². The fourth-order valence-corrected chi connectivity index (χ4v) is 2.27. The molecule has 0 spiro atoms. The summed E-state index contributed by atoms with van der Waals surface area (Å²) in [6, 6.07) is 15.3. The first kappa shape index (κ1) is 16.4. The number of benzene rings is 2. The fraction of sp³-hybridized carbons (Fsp3) is 0.111. The summed E-state index contributed by atoms with van der Waals surface area (Å²) in [6.45, 7) is 1.52. The maximum atomic E-state index is 12.1. The van der Waals surface area contributed by atoms with Crippen molar-refractivity contribution >= 4 is 11.7 Å². The Kier molecular flexibility index (Phi) is 4.56. The highest BCUT2D eigenvalue weighted by atomic mass is 16.6. The molecule has 2 aromatic carbocycles. The molecule has 0 N–H and O–H groups in total. The van der Waals surface area contributed by atoms with Gasteiger partial charge in [0.05, 0.1) is 10.5 Å². The van der Waals surface area contributed by atoms with Gasteiger partial charge in [-0.05, 0) is 13.0 Å². The molecule has 0 saturated heterocycles. The number of carbonyl (C=O) groups is 1. The average molecular weight is 338 g/mol. The number of aromatic nitrogens is 1. The third-order valence-corrected chi connectivity index (χ3v) is 3.61. The van der Waals surface area contributed by atoms with Crippen molar-refractivity contribution in [1.29, 1.82) is 0 Å². The van der Waals surface area contributed by atoms with E-state index in [0.717, 1.165) is 5.56 Å². The molecule has 0 unspecified atom stereocenters. The number of hydrogen-bond donors (Lipinski definition) is 0. The fourth-order valence-electron chi connectivity index (χ4n) is 2.27. The minimum atomic E-state index is -0.660. The lowest BCUT2D eigenvalue weighted by Gasteiger charge is -2.03. The van der Waals surface area contributed by atoms with Gasteiger partial charge in [0.1, 0.15) is 12.3 Å². The second-order valence-corrected chi connectivity index (χ2v) is 5.38. The molecule has 7 heteroatoms. The van der Waals surface area contributed by atoms with Crippen LogP contribution in [0.3, 0.4) is 0 Å². The van der Waals surface area contributed by atoms with Crippen LogP contribution in [0.5, 0.6) is 0 Å². The van der Waals surface area contributed by atoms with Gasteiger partial charge in [0.2, 0.25) is 0 Å². The molecule has 0 fully saturated rings. The zero-order valence-corrected chi connectivity index (χ0v) is 13.3. The van der Waals surface area contributed by atoms with Gasteiger partial charge in [0.25, 0.3) is 5.69 Å². The Morgan fingerprint density at radius 3 is 2.68 bits per heavy atom. The number of rotatable bonds is 5. The third-order valence-electron chi connectivity index (χ3n) is 3.61. The quantitative estimate of drug-likeness (QED) is 0.397. The van der Waals surface area contributed by atoms with Crippen LogP contribution in [0.1, 0.15) is 21.6 Å². The van der Waals surface area contributed by atoms with E-state index in [1.165, 1.54) is 18.2 Å². The van der Waals surface area contributed by atoms with Crippen molar-refractivity contribution in [2.24, 2.45) is 0 Å². The summed E-state index contributed by atoms with van der Waals surface area (Å²) >= 11 is 0. The van der Waals surface area contributed by atoms with E-state index in [9.17, 15) is 14.9 Å². The van der Waals surface area contributed by atoms with E-state index in [0.29, 0.717) is 17.0 Å². The SMILES string of the molecule is Cc1ccc(C(=O)OCc2cc(-c3ccccc3)on2)cc1[N+](=O)[O-]. The standard InChI is InChI=1S/C18H14N2O5/c1-12-7-8-14(9-16(12)20(22)23)18(21)24-11-15-10-17(25-19-15)13-5-3-2-4-6-13/h2-10H,11H2,1H3. The number of aryl methyl sites for hydroxylation is 1. The van der Waals surface area contributed by atoms with Crippen LogP contribution < -0.4 is 0 Å². The first-order valence-corrected chi connectivity index (χ1v) is 7.48. The molecule has 3 rings (SSSR count). The predicted octanol–water partition coefficient (Wildman–Crippen LogP) is 3.92. The lowest BCUT2D eigenvalue weighted by Crippen LogP contribution is -2.06. The first-order valence-electron chi connectivity index (χ1n) is 7.48. The second kappa shape index (κ2) is 6.96. The lowest BCUT2D eigenvalue weighted by atomic mass is 10.1. The largest absolute Gasteiger partial charge is 0.455 e. The molecule has 0 amide bonds. The van der Waals surface area contributed by atoms with Gasteiger partial charge >= 0.3 is 5.97 Å². The Morgan fingerprint density at radius 2 is 1.96 bits per heavy atom. The van der Waals surface area contributed by atoms with Crippen molar-refractivity contribution in [3.63, 3.8) is 0 Å². The Morgan fingerprint density at radius 1 is 1.20 bits per heavy atom. The molecule has 0 atom stereocenters. The predicted molar refractivity (Wildman–Crippen MR) is 88.9 cm³/mol. The number of esters is 1. The van der Waals surface area contributed by atoms with Gasteiger partial charge in [-0.1, -0.05) is 41.6 Å². The third kappa shape index (κ3) is 3.72. The maximum Gasteiger partial charge on any atom is 0.338 e. The highest BCUT2D eigenvalue weighted by Crippen LogP contribution is 2.22. The van der Waals surface area contributed by atoms with E-state index < -0.39 is 10.9 Å². The topological polar surface area (TPSA) is 95.5 Å². The molecule has 0 aliphatic heterocycles. The minimum absolute atomic E-state index is 0.0865. The molecule has 3 aromatic rings. The Balaban J connectivity index is 1.68. The van der Waals surface area contributed by atoms with E-state index in [2.05, 4.69) is 5.16 Å². The summed E-state index contributed by atoms with van der Waals surface area (Å²) in [7, 11) is 0. The summed E-state index contributed by atoms with van der Waals surface area (Å²) in [5.41, 5.74) is 1.78. The molecular formula is C18H14N2O5. The number of ether oxygens (including phenoxy) is 1. The van der Waals surface area contributed by atoms with E-state index in [-0.39, 0.29) is 17.9 Å². The van der Waals surface area contributed by atoms with E-state index in [1.807, 2.05) is 30.3 Å². The summed E-state index contributed by atoms with van der Waals surface area (Å²) in [5.74, 6) is -0.0926. The molecular weight excluding hydrogens is 324 g/mol. The molecule has 1 aromatic heterocycles. The molecule has 0 radical (unpaired) electrons. The molecule has 0 aliphatic rings. The van der Waals surface area contributed by atoms with Crippen molar-refractivity contribution in [3.8, 4) is 11.3 Å². The molecule has 0 saturated carbocycles. The normalized spacial score (nSPS) is 10.4. The average Bonchev–Trinajstić information content (AvgIpc) is 3.09. The van der Waals surface area contributed by atoms with Crippen molar-refractivity contribution in [2.45, 2.75) is 13.5 Å². The Labute approximate surface area is 143 Å². The number of carbonyl (C=O) groups excluding carboxylic acids is 1. The van der Waals surface area contributed by atoms with Gasteiger partial charge in [-0.2, -0.15) is 0 Å². The summed E-state index contributed by atoms with van der Waals surface area (Å²) in [4.78, 5) is 22.5. The first-order chi connectivity index (χ1) is 12.0. The monoisotopic (exact) mass is 338 g/mol. The Bertz CT molecular complexity index is 918. The number of hydrogen-bond acceptors (Lipinski definition) is 6. The van der Waals surface area contributed by atoms with Gasteiger partial charge in [0, 0.05) is 23.3 Å². The second-order valence-electron chi connectivity index (χ2n) is 5.38. The van der Waals surface area contributed by atoms with Gasteiger partial charge in [-0.25, -0.2) is 4.79 Å². The van der Waals surface area contributed by atoms with E-state index in [1.54, 1.807) is 13.0 Å². The Hall–Kier alpha value is -3.48. The van der Waals surface area contributed by atoms with Gasteiger partial charge in [-0.3, -0.25) is 10.1 Å². The lowest BCUT2D eigenvalue weighted by molar-refractivity contribution is -0.385. The molecule has 1 heterocycles. The van der Waals surface area contributed by atoms with Crippen LogP contribution >= 0.6 is 0 Å². The van der Waals surface area contributed by atoms with E-state index >= 15 is 0 Å². The minimum Gasteiger partial charge on any atom is -0.455 e. The van der Waals surface area contributed by atoms with Crippen LogP contribution in [-0.2, 0) is 11.3 Å². The number of nitro benzene ring substituents is 1. The highest BCUT2D eigenvalue weighted by molar-refractivity contribution is 5.90. The zero-order chi connectivity index (χ0) is 17.8. The van der Waals surface area contributed by atoms with Crippen LogP contribution in [0.15, 0.2) is 59.1 Å². The summed E-state index contributed by atoms with van der Waals surface area (Å²) < 4.78 is 10.4. The van der Waals surface area contributed by atoms with Crippen LogP contribution in [0.2, 0.25) is 0 Å². The van der Waals surface area contributed by atoms with E-state index in [4.69, 9.17) is 9.26 Å². The molecule has 0 aliphatic carbocycles. The van der Waals surface area contributed by atoms with Gasteiger partial charge in [-0.15, -0.1) is 0 Å². The van der Waals surface area contributed by atoms with Crippen molar-refractivity contribution in [1.82, 2.24) is 5.16 Å². The van der Waals surface area contributed by atoms with Crippen LogP contribution in [0, 0.1) is 17.0 Å². The van der Waals surface area contributed by atoms with Gasteiger partial charge in [0.15, 0.2) is 5.76 Å². The van der Waals surface area contributed by atoms with Crippen LogP contribution in [-0.4, -0.2) is 16.0 Å². The maximum absolute atomic E-state index is 12.1. The van der Waals surface area contributed by atoms with Crippen LogP contribution in [0.25, 0.3) is 11.3 Å². The molecule has 126 valence electrons. The van der Waals surface area contributed by atoms with Crippen molar-refractivity contribution < 1.29 is 19.0 Å². The summed E-state index contributed by atoms with van der Waals surface area (Å²) in [6.07, 6.45) is 0. The van der Waals surface area contributed by atoms with Crippen molar-refractivity contribution in [3.05, 3.63) is 81.5 Å². The van der Waals surface area contributed by atoms with Gasteiger partial charge < -0.3 is 9.26 Å². The van der Waals surface area contributed by atoms with Crippen LogP contribution in [0.4, 0.5) is 5.69 Å². The molecule has 0 bridgehead atoms. The smallest absolute Gasteiger partial charge is 0.338 e. The zero-order valence-electron chi connectivity index (χ0n) is 13.3.